The molecule has 3 rings (SSSR count). The highest BCUT2D eigenvalue weighted by Gasteiger charge is 2.37. The van der Waals surface area contributed by atoms with Crippen LogP contribution in [-0.2, 0) is 14.3 Å². The van der Waals surface area contributed by atoms with E-state index in [9.17, 15) is 14.4 Å². The monoisotopic (exact) mass is 466 g/mol. The number of imide groups is 1. The maximum atomic E-state index is 12.6. The molecule has 0 radical (unpaired) electrons. The number of nitrogens with zero attached hydrogens (tertiary/aromatic N) is 2. The zero-order valence-corrected chi connectivity index (χ0v) is 17.5. The molecule has 0 aromatic heterocycles. The van der Waals surface area contributed by atoms with Crippen molar-refractivity contribution < 1.29 is 23.9 Å². The molecule has 7 nitrogen and oxygen atoms in total. The van der Waals surface area contributed by atoms with Crippen LogP contribution in [0.25, 0.3) is 6.08 Å². The van der Waals surface area contributed by atoms with Crippen molar-refractivity contribution in [3.8, 4) is 5.75 Å². The van der Waals surface area contributed by atoms with Crippen molar-refractivity contribution in [1.82, 2.24) is 9.80 Å². The van der Waals surface area contributed by atoms with Gasteiger partial charge in [-0.1, -0.05) is 18.7 Å². The first kappa shape index (κ1) is 20.6. The first-order chi connectivity index (χ1) is 13.5. The number of hydrogen-bond acceptors (Lipinski definition) is 6. The molecule has 1 aromatic rings. The van der Waals surface area contributed by atoms with Crippen molar-refractivity contribution in [2.24, 2.45) is 0 Å². The summed E-state index contributed by atoms with van der Waals surface area (Å²) in [6.45, 7) is 5.61. The number of carbonyl (C=O) groups is 3. The Balaban J connectivity index is 1.69. The van der Waals surface area contributed by atoms with E-state index in [2.05, 4.69) is 22.5 Å². The molecule has 1 aromatic carbocycles. The topological polar surface area (TPSA) is 76.2 Å². The van der Waals surface area contributed by atoms with Crippen molar-refractivity contribution in [3.63, 3.8) is 0 Å². The predicted octanol–water partition coefficient (Wildman–Crippen LogP) is 2.91. The Morgan fingerprint density at radius 1 is 1.32 bits per heavy atom. The fourth-order valence-corrected chi connectivity index (χ4v) is 4.06. The maximum absolute atomic E-state index is 12.6. The van der Waals surface area contributed by atoms with Gasteiger partial charge in [0.05, 0.1) is 22.6 Å². The van der Waals surface area contributed by atoms with Gasteiger partial charge in [0.1, 0.15) is 18.9 Å². The molecule has 2 fully saturated rings. The molecule has 0 bridgehead atoms. The van der Waals surface area contributed by atoms with E-state index in [1.54, 1.807) is 35.3 Å². The first-order valence-corrected chi connectivity index (χ1v) is 10.2. The number of benzene rings is 1. The van der Waals surface area contributed by atoms with Gasteiger partial charge in [-0.2, -0.15) is 0 Å². The molecule has 2 aliphatic heterocycles. The van der Waals surface area contributed by atoms with Crippen LogP contribution in [0.5, 0.6) is 5.75 Å². The molecule has 2 saturated heterocycles. The Kier molecular flexibility index (Phi) is 6.93. The molecule has 148 valence electrons. The van der Waals surface area contributed by atoms with E-state index in [1.165, 1.54) is 0 Å². The molecular formula is C19H19BrN2O5S. The normalized spacial score (nSPS) is 18.7. The lowest BCUT2D eigenvalue weighted by Crippen LogP contribution is -2.46. The van der Waals surface area contributed by atoms with Crippen LogP contribution in [0.3, 0.4) is 0 Å². The minimum Gasteiger partial charge on any atom is -0.488 e. The van der Waals surface area contributed by atoms with Gasteiger partial charge in [0, 0.05) is 13.1 Å². The van der Waals surface area contributed by atoms with Crippen LogP contribution in [-0.4, -0.2) is 66.3 Å². The van der Waals surface area contributed by atoms with E-state index >= 15 is 0 Å². The van der Waals surface area contributed by atoms with Crippen LogP contribution in [0.15, 0.2) is 40.2 Å². The highest BCUT2D eigenvalue weighted by atomic mass is 79.9. The Morgan fingerprint density at radius 3 is 2.75 bits per heavy atom. The van der Waals surface area contributed by atoms with Gasteiger partial charge in [0.2, 0.25) is 5.91 Å². The largest absolute Gasteiger partial charge is 0.488 e. The molecule has 9 heteroatoms. The Bertz CT molecular complexity index is 836. The number of ether oxygens (including phenoxy) is 2. The van der Waals surface area contributed by atoms with Crippen LogP contribution in [0, 0.1) is 0 Å². The van der Waals surface area contributed by atoms with Gasteiger partial charge in [-0.25, -0.2) is 0 Å². The molecule has 28 heavy (non-hydrogen) atoms. The number of hydrogen-bond donors (Lipinski definition) is 0. The standard InChI is InChI=1S/C19H19BrN2O5S/c1-2-7-27-15-4-3-13(10-14(15)20)11-16-18(24)22(19(25)28-16)12-17(23)21-5-8-26-9-6-21/h2-4,10-11H,1,5-9,12H2/b16-11+. The van der Waals surface area contributed by atoms with E-state index in [4.69, 9.17) is 9.47 Å². The highest BCUT2D eigenvalue weighted by molar-refractivity contribution is 9.10. The smallest absolute Gasteiger partial charge is 0.294 e. The molecule has 0 spiro atoms. The molecule has 0 unspecified atom stereocenters. The van der Waals surface area contributed by atoms with Crippen molar-refractivity contribution in [1.29, 1.82) is 0 Å². The summed E-state index contributed by atoms with van der Waals surface area (Å²) >= 11 is 4.26. The summed E-state index contributed by atoms with van der Waals surface area (Å²) in [5.41, 5.74) is 0.739. The third kappa shape index (κ3) is 4.84. The molecule has 0 atom stereocenters. The molecule has 2 heterocycles. The minimum absolute atomic E-state index is 0.250. The molecule has 0 aliphatic carbocycles. The van der Waals surface area contributed by atoms with Gasteiger partial charge in [-0.3, -0.25) is 19.3 Å². The summed E-state index contributed by atoms with van der Waals surface area (Å²) < 4.78 is 11.4. The number of carbonyl (C=O) groups excluding carboxylic acids is 3. The molecule has 0 saturated carbocycles. The summed E-state index contributed by atoms with van der Waals surface area (Å²) in [4.78, 5) is 40.1. The summed E-state index contributed by atoms with van der Waals surface area (Å²) in [5.74, 6) is -0.0562. The number of rotatable bonds is 6. The Labute approximate surface area is 175 Å². The first-order valence-electron chi connectivity index (χ1n) is 8.63. The van der Waals surface area contributed by atoms with Crippen molar-refractivity contribution >= 4 is 50.8 Å². The predicted molar refractivity (Wildman–Crippen MR) is 110 cm³/mol. The van der Waals surface area contributed by atoms with Gasteiger partial charge >= 0.3 is 0 Å². The van der Waals surface area contributed by atoms with Crippen molar-refractivity contribution in [2.45, 2.75) is 0 Å². The summed E-state index contributed by atoms with van der Waals surface area (Å²) in [6, 6.07) is 5.35. The van der Waals surface area contributed by atoms with Crippen LogP contribution >= 0.6 is 27.7 Å². The second-order valence-electron chi connectivity index (χ2n) is 6.05. The lowest BCUT2D eigenvalue weighted by atomic mass is 10.2. The lowest BCUT2D eigenvalue weighted by molar-refractivity contribution is -0.139. The van der Waals surface area contributed by atoms with Crippen molar-refractivity contribution in [3.05, 3.63) is 45.8 Å². The maximum Gasteiger partial charge on any atom is 0.294 e. The quantitative estimate of drug-likeness (QED) is 0.473. The van der Waals surface area contributed by atoms with Gasteiger partial charge in [0.25, 0.3) is 11.1 Å². The number of amides is 3. The van der Waals surface area contributed by atoms with Crippen LogP contribution in [0.2, 0.25) is 0 Å². The van der Waals surface area contributed by atoms with E-state index in [0.29, 0.717) is 38.7 Å². The fourth-order valence-electron chi connectivity index (χ4n) is 2.71. The van der Waals surface area contributed by atoms with E-state index in [0.717, 1.165) is 26.7 Å². The average Bonchev–Trinajstić information content (AvgIpc) is 2.95. The Hall–Kier alpha value is -2.10. The third-order valence-electron chi connectivity index (χ3n) is 4.14. The zero-order chi connectivity index (χ0) is 20.1. The number of thioether (sulfide) groups is 1. The van der Waals surface area contributed by atoms with Crippen LogP contribution in [0.1, 0.15) is 5.56 Å². The van der Waals surface area contributed by atoms with E-state index in [1.807, 2.05) is 0 Å². The number of morpholine rings is 1. The van der Waals surface area contributed by atoms with E-state index in [-0.39, 0.29) is 17.4 Å². The second kappa shape index (κ2) is 9.40. The van der Waals surface area contributed by atoms with Crippen LogP contribution < -0.4 is 4.74 Å². The summed E-state index contributed by atoms with van der Waals surface area (Å²) in [7, 11) is 0. The molecular weight excluding hydrogens is 448 g/mol. The van der Waals surface area contributed by atoms with Gasteiger partial charge < -0.3 is 14.4 Å². The molecule has 2 aliphatic rings. The lowest BCUT2D eigenvalue weighted by Gasteiger charge is -2.28. The SMILES string of the molecule is C=CCOc1ccc(/C=C2/SC(=O)N(CC(=O)N3CCOCC3)C2=O)cc1Br. The Morgan fingerprint density at radius 2 is 2.07 bits per heavy atom. The third-order valence-corrected chi connectivity index (χ3v) is 5.67. The van der Waals surface area contributed by atoms with Gasteiger partial charge in [-0.05, 0) is 51.5 Å². The van der Waals surface area contributed by atoms with Gasteiger partial charge in [-0.15, -0.1) is 0 Å². The average molecular weight is 467 g/mol. The van der Waals surface area contributed by atoms with Gasteiger partial charge in [0.15, 0.2) is 0 Å². The highest BCUT2D eigenvalue weighted by Crippen LogP contribution is 2.33. The number of halogens is 1. The van der Waals surface area contributed by atoms with E-state index < -0.39 is 11.1 Å². The summed E-state index contributed by atoms with van der Waals surface area (Å²) in [6.07, 6.45) is 3.28. The molecule has 3 amide bonds. The minimum atomic E-state index is -0.459. The zero-order valence-electron chi connectivity index (χ0n) is 15.1. The molecule has 0 N–H and O–H groups in total. The second-order valence-corrected chi connectivity index (χ2v) is 7.90. The van der Waals surface area contributed by atoms with Crippen LogP contribution in [0.4, 0.5) is 4.79 Å². The van der Waals surface area contributed by atoms with Crippen molar-refractivity contribution in [2.75, 3.05) is 39.5 Å². The summed E-state index contributed by atoms with van der Waals surface area (Å²) in [5, 5.41) is -0.442. The fraction of sp³-hybridized carbons (Fsp3) is 0.316.